The number of pyridine rings is 1. The van der Waals surface area contributed by atoms with Gasteiger partial charge in [0.25, 0.3) is 5.91 Å². The molecule has 5 nitrogen and oxygen atoms in total. The van der Waals surface area contributed by atoms with Crippen molar-refractivity contribution >= 4 is 17.6 Å². The van der Waals surface area contributed by atoms with Gasteiger partial charge in [-0.05, 0) is 24.3 Å². The molecule has 8 heteroatoms. The normalized spacial score (nSPS) is 10.2. The molecule has 0 radical (unpaired) electrons. The highest BCUT2D eigenvalue weighted by atomic mass is 19.2. The van der Waals surface area contributed by atoms with Crippen LogP contribution in [0.4, 0.5) is 18.9 Å². The van der Waals surface area contributed by atoms with Gasteiger partial charge in [0.2, 0.25) is 5.95 Å². The average molecular weight is 296 g/mol. The summed E-state index contributed by atoms with van der Waals surface area (Å²) in [4.78, 5) is 25.4. The Hall–Kier alpha value is -2.90. The van der Waals surface area contributed by atoms with Crippen molar-refractivity contribution in [2.75, 3.05) is 5.32 Å². The lowest BCUT2D eigenvalue weighted by atomic mass is 10.2. The van der Waals surface area contributed by atoms with Crippen LogP contribution in [0.5, 0.6) is 0 Å². The number of rotatable bonds is 3. The standard InChI is InChI=1S/C13H7F3N2O3/c14-9-5-6(1-2-7(9)13(20)21)18-12(19)8-3-4-17-11(16)10(8)15/h1-5H,(H,18,19)(H,20,21). The Morgan fingerprint density at radius 2 is 1.81 bits per heavy atom. The summed E-state index contributed by atoms with van der Waals surface area (Å²) in [6, 6.07) is 3.78. The second-order valence-corrected chi connectivity index (χ2v) is 3.92. The number of hydrogen-bond acceptors (Lipinski definition) is 3. The van der Waals surface area contributed by atoms with Gasteiger partial charge in [-0.15, -0.1) is 0 Å². The highest BCUT2D eigenvalue weighted by molar-refractivity contribution is 6.04. The van der Waals surface area contributed by atoms with Crippen LogP contribution >= 0.6 is 0 Å². The molecule has 0 atom stereocenters. The quantitative estimate of drug-likeness (QED) is 0.853. The van der Waals surface area contributed by atoms with Gasteiger partial charge in [0.05, 0.1) is 11.1 Å². The van der Waals surface area contributed by atoms with Crippen molar-refractivity contribution in [1.82, 2.24) is 4.98 Å². The van der Waals surface area contributed by atoms with Crippen LogP contribution in [0.3, 0.4) is 0 Å². The molecule has 1 aromatic carbocycles. The summed E-state index contributed by atoms with van der Waals surface area (Å²) in [5, 5.41) is 10.8. The Labute approximate surface area is 116 Å². The van der Waals surface area contributed by atoms with Crippen LogP contribution in [0.15, 0.2) is 30.5 Å². The summed E-state index contributed by atoms with van der Waals surface area (Å²) in [7, 11) is 0. The number of hydrogen-bond donors (Lipinski definition) is 2. The van der Waals surface area contributed by atoms with Crippen molar-refractivity contribution in [2.24, 2.45) is 0 Å². The number of nitrogens with zero attached hydrogens (tertiary/aromatic N) is 1. The van der Waals surface area contributed by atoms with E-state index in [1.807, 2.05) is 0 Å². The number of aromatic carboxylic acids is 1. The van der Waals surface area contributed by atoms with Crippen LogP contribution in [-0.4, -0.2) is 22.0 Å². The molecule has 0 bridgehead atoms. The molecule has 0 unspecified atom stereocenters. The van der Waals surface area contributed by atoms with E-state index in [0.717, 1.165) is 30.5 Å². The summed E-state index contributed by atoms with van der Waals surface area (Å²) >= 11 is 0. The van der Waals surface area contributed by atoms with E-state index in [9.17, 15) is 22.8 Å². The fraction of sp³-hybridized carbons (Fsp3) is 0. The lowest BCUT2D eigenvalue weighted by Crippen LogP contribution is -2.15. The van der Waals surface area contributed by atoms with Crippen LogP contribution < -0.4 is 5.32 Å². The Balaban J connectivity index is 2.26. The number of carboxylic acids is 1. The summed E-state index contributed by atoms with van der Waals surface area (Å²) in [6.07, 6.45) is 0.904. The summed E-state index contributed by atoms with van der Waals surface area (Å²) < 4.78 is 39.7. The monoisotopic (exact) mass is 296 g/mol. The van der Waals surface area contributed by atoms with Gasteiger partial charge in [-0.25, -0.2) is 18.6 Å². The number of halogens is 3. The van der Waals surface area contributed by atoms with E-state index >= 15 is 0 Å². The fourth-order valence-corrected chi connectivity index (χ4v) is 1.56. The zero-order chi connectivity index (χ0) is 15.6. The molecule has 1 amide bonds. The van der Waals surface area contributed by atoms with Gasteiger partial charge in [-0.2, -0.15) is 4.39 Å². The first-order valence-electron chi connectivity index (χ1n) is 5.54. The zero-order valence-electron chi connectivity index (χ0n) is 10.2. The molecule has 2 rings (SSSR count). The second kappa shape index (κ2) is 5.61. The number of anilines is 1. The Morgan fingerprint density at radius 3 is 2.43 bits per heavy atom. The van der Waals surface area contributed by atoms with Crippen molar-refractivity contribution in [3.05, 3.63) is 59.2 Å². The number of carbonyl (C=O) groups is 2. The first-order chi connectivity index (χ1) is 9.90. The number of carboxylic acid groups (broad SMARTS) is 1. The van der Waals surface area contributed by atoms with Gasteiger partial charge >= 0.3 is 5.97 Å². The average Bonchev–Trinajstić information content (AvgIpc) is 2.41. The van der Waals surface area contributed by atoms with Crippen molar-refractivity contribution in [2.45, 2.75) is 0 Å². The van der Waals surface area contributed by atoms with Crippen molar-refractivity contribution < 1.29 is 27.9 Å². The smallest absolute Gasteiger partial charge is 0.338 e. The molecular formula is C13H7F3N2O3. The topological polar surface area (TPSA) is 79.3 Å². The molecule has 0 fully saturated rings. The molecule has 2 aromatic rings. The van der Waals surface area contributed by atoms with Gasteiger partial charge in [-0.1, -0.05) is 0 Å². The van der Waals surface area contributed by atoms with E-state index in [1.54, 1.807) is 0 Å². The predicted octanol–water partition coefficient (Wildman–Crippen LogP) is 2.45. The van der Waals surface area contributed by atoms with Crippen LogP contribution in [0.25, 0.3) is 0 Å². The SMILES string of the molecule is O=C(O)c1ccc(NC(=O)c2ccnc(F)c2F)cc1F. The number of nitrogens with one attached hydrogen (secondary N) is 1. The van der Waals surface area contributed by atoms with Gasteiger partial charge in [0.15, 0.2) is 5.82 Å². The van der Waals surface area contributed by atoms with Crippen LogP contribution in [0.2, 0.25) is 0 Å². The summed E-state index contributed by atoms with van der Waals surface area (Å²) in [5.74, 6) is -6.42. The maximum absolute atomic E-state index is 13.4. The molecule has 0 saturated carbocycles. The minimum absolute atomic E-state index is 0.0980. The fourth-order valence-electron chi connectivity index (χ4n) is 1.56. The molecule has 0 saturated heterocycles. The molecule has 2 N–H and O–H groups in total. The molecule has 1 aromatic heterocycles. The van der Waals surface area contributed by atoms with Crippen LogP contribution in [-0.2, 0) is 0 Å². The van der Waals surface area contributed by atoms with Gasteiger partial charge in [0, 0.05) is 11.9 Å². The van der Waals surface area contributed by atoms with Gasteiger partial charge in [-0.3, -0.25) is 4.79 Å². The van der Waals surface area contributed by atoms with Crippen LogP contribution in [0, 0.1) is 17.6 Å². The Kier molecular flexibility index (Phi) is 3.88. The number of benzene rings is 1. The Bertz CT molecular complexity index is 735. The lowest BCUT2D eigenvalue weighted by Gasteiger charge is -2.07. The highest BCUT2D eigenvalue weighted by Crippen LogP contribution is 2.17. The lowest BCUT2D eigenvalue weighted by molar-refractivity contribution is 0.0691. The number of carbonyl (C=O) groups excluding carboxylic acids is 1. The number of amides is 1. The predicted molar refractivity (Wildman–Crippen MR) is 65.5 cm³/mol. The van der Waals surface area contributed by atoms with Crippen molar-refractivity contribution in [3.8, 4) is 0 Å². The minimum Gasteiger partial charge on any atom is -0.478 e. The molecule has 21 heavy (non-hydrogen) atoms. The molecule has 0 aliphatic heterocycles. The molecule has 0 aliphatic rings. The van der Waals surface area contributed by atoms with E-state index in [2.05, 4.69) is 10.3 Å². The first-order valence-corrected chi connectivity index (χ1v) is 5.54. The number of aromatic nitrogens is 1. The summed E-state index contributed by atoms with van der Waals surface area (Å²) in [5.41, 5.74) is -1.28. The maximum Gasteiger partial charge on any atom is 0.338 e. The first kappa shape index (κ1) is 14.5. The second-order valence-electron chi connectivity index (χ2n) is 3.92. The zero-order valence-corrected chi connectivity index (χ0v) is 10.2. The third-order valence-electron chi connectivity index (χ3n) is 2.55. The van der Waals surface area contributed by atoms with Gasteiger partial charge in [0.1, 0.15) is 5.82 Å². The molecule has 0 spiro atoms. The third kappa shape index (κ3) is 2.99. The molecular weight excluding hydrogens is 289 g/mol. The van der Waals surface area contributed by atoms with Crippen molar-refractivity contribution in [1.29, 1.82) is 0 Å². The van der Waals surface area contributed by atoms with E-state index < -0.39 is 40.6 Å². The third-order valence-corrected chi connectivity index (χ3v) is 2.55. The highest BCUT2D eigenvalue weighted by Gasteiger charge is 2.17. The minimum atomic E-state index is -1.47. The molecule has 0 aliphatic carbocycles. The Morgan fingerprint density at radius 1 is 1.10 bits per heavy atom. The largest absolute Gasteiger partial charge is 0.478 e. The van der Waals surface area contributed by atoms with E-state index in [4.69, 9.17) is 5.11 Å². The molecule has 108 valence electrons. The van der Waals surface area contributed by atoms with Gasteiger partial charge < -0.3 is 10.4 Å². The van der Waals surface area contributed by atoms with Crippen LogP contribution in [0.1, 0.15) is 20.7 Å². The molecule has 1 heterocycles. The van der Waals surface area contributed by atoms with E-state index in [0.29, 0.717) is 0 Å². The van der Waals surface area contributed by atoms with Crippen molar-refractivity contribution in [3.63, 3.8) is 0 Å². The van der Waals surface area contributed by atoms with E-state index in [-0.39, 0.29) is 5.69 Å². The summed E-state index contributed by atoms with van der Waals surface area (Å²) in [6.45, 7) is 0. The maximum atomic E-state index is 13.4. The van der Waals surface area contributed by atoms with E-state index in [1.165, 1.54) is 0 Å².